The number of allylic oxidation sites excluding steroid dienone is 1. The molecule has 39 heavy (non-hydrogen) atoms. The molecular formula is C31H26N4O3S. The standard InChI is InChI=1S/C31H26N4O3S/c1-19-27(29(36)33-22-9-5-4-6-10-22)28(20-13-15-23(38-3)16-14-20)35-30(37)26(39-31(35)32-19)17-21-18-34(2)25-12-8-7-11-24(21)25/h4-18,28H,1-3H3,(H,33,36)/b26-17+/t28-/m0/s1. The Morgan fingerprint density at radius 2 is 1.74 bits per heavy atom. The minimum absolute atomic E-state index is 0.190. The van der Waals surface area contributed by atoms with Crippen LogP contribution in [0.5, 0.6) is 5.75 Å². The zero-order valence-electron chi connectivity index (χ0n) is 21.7. The highest BCUT2D eigenvalue weighted by atomic mass is 32.1. The number of para-hydroxylation sites is 2. The molecule has 2 aromatic heterocycles. The number of nitrogens with zero attached hydrogens (tertiary/aromatic N) is 3. The van der Waals surface area contributed by atoms with Crippen LogP contribution in [0.25, 0.3) is 17.0 Å². The normalized spacial score (nSPS) is 15.3. The number of fused-ring (bicyclic) bond motifs is 2. The van der Waals surface area contributed by atoms with Crippen molar-refractivity contribution < 1.29 is 9.53 Å². The molecular weight excluding hydrogens is 508 g/mol. The molecule has 8 heteroatoms. The molecule has 0 spiro atoms. The molecule has 1 amide bonds. The summed E-state index contributed by atoms with van der Waals surface area (Å²) in [4.78, 5) is 33.0. The number of hydrogen-bond donors (Lipinski definition) is 1. The third-order valence-corrected chi connectivity index (χ3v) is 7.93. The molecule has 0 unspecified atom stereocenters. The lowest BCUT2D eigenvalue weighted by atomic mass is 9.95. The maximum Gasteiger partial charge on any atom is 0.271 e. The minimum Gasteiger partial charge on any atom is -0.497 e. The van der Waals surface area contributed by atoms with Gasteiger partial charge in [0.2, 0.25) is 0 Å². The van der Waals surface area contributed by atoms with Crippen LogP contribution in [0.15, 0.2) is 106 Å². The molecule has 7 nitrogen and oxygen atoms in total. The monoisotopic (exact) mass is 534 g/mol. The topological polar surface area (TPSA) is 77.6 Å². The lowest BCUT2D eigenvalue weighted by Gasteiger charge is -2.25. The Kier molecular flexibility index (Phi) is 6.24. The van der Waals surface area contributed by atoms with Crippen molar-refractivity contribution in [3.8, 4) is 5.75 Å². The average Bonchev–Trinajstić information content (AvgIpc) is 3.43. The minimum atomic E-state index is -0.648. The SMILES string of the molecule is COc1ccc([C@H]2C(C(=O)Nc3ccccc3)=C(C)N=c3s/c(=C/c4cn(C)c5ccccc45)c(=O)n32)cc1. The van der Waals surface area contributed by atoms with Gasteiger partial charge in [0.1, 0.15) is 5.75 Å². The van der Waals surface area contributed by atoms with E-state index in [1.807, 2.05) is 93.0 Å². The Labute approximate surface area is 228 Å². The predicted molar refractivity (Wildman–Crippen MR) is 155 cm³/mol. The smallest absolute Gasteiger partial charge is 0.271 e. The van der Waals surface area contributed by atoms with Crippen LogP contribution < -0.4 is 24.9 Å². The molecule has 3 heterocycles. The Morgan fingerprint density at radius 3 is 2.49 bits per heavy atom. The Balaban J connectivity index is 1.53. The summed E-state index contributed by atoms with van der Waals surface area (Å²) in [5.41, 5.74) is 4.31. The molecule has 1 aliphatic rings. The van der Waals surface area contributed by atoms with Crippen molar-refractivity contribution in [2.45, 2.75) is 13.0 Å². The first-order valence-electron chi connectivity index (χ1n) is 12.5. The van der Waals surface area contributed by atoms with Crippen LogP contribution in [0.2, 0.25) is 0 Å². The number of carbonyl (C=O) groups excluding carboxylic acids is 1. The van der Waals surface area contributed by atoms with E-state index in [9.17, 15) is 9.59 Å². The lowest BCUT2D eigenvalue weighted by molar-refractivity contribution is -0.113. The maximum atomic E-state index is 14.0. The fraction of sp³-hybridized carbons (Fsp3) is 0.129. The Morgan fingerprint density at radius 1 is 1.03 bits per heavy atom. The summed E-state index contributed by atoms with van der Waals surface area (Å²) in [6, 6.07) is 24.2. The average molecular weight is 535 g/mol. The van der Waals surface area contributed by atoms with E-state index >= 15 is 0 Å². The molecule has 3 aromatic carbocycles. The molecule has 1 atom stereocenters. The molecule has 5 aromatic rings. The molecule has 0 aliphatic carbocycles. The largest absolute Gasteiger partial charge is 0.497 e. The van der Waals surface area contributed by atoms with E-state index in [0.717, 1.165) is 22.0 Å². The number of benzene rings is 3. The third kappa shape index (κ3) is 4.38. The summed E-state index contributed by atoms with van der Waals surface area (Å²) < 4.78 is 9.59. The van der Waals surface area contributed by atoms with Crippen molar-refractivity contribution >= 4 is 39.9 Å². The van der Waals surface area contributed by atoms with Gasteiger partial charge in [0, 0.05) is 35.4 Å². The van der Waals surface area contributed by atoms with Crippen LogP contribution in [0.3, 0.4) is 0 Å². The number of ether oxygens (including phenoxy) is 1. The van der Waals surface area contributed by atoms with Crippen LogP contribution in [0.4, 0.5) is 5.69 Å². The number of aromatic nitrogens is 2. The van der Waals surface area contributed by atoms with Gasteiger partial charge in [0.15, 0.2) is 4.80 Å². The van der Waals surface area contributed by atoms with E-state index in [1.54, 1.807) is 11.7 Å². The third-order valence-electron chi connectivity index (χ3n) is 6.94. The number of rotatable bonds is 5. The van der Waals surface area contributed by atoms with Crippen molar-refractivity contribution in [1.82, 2.24) is 9.13 Å². The highest BCUT2D eigenvalue weighted by molar-refractivity contribution is 7.07. The second-order valence-corrected chi connectivity index (χ2v) is 10.4. The van der Waals surface area contributed by atoms with E-state index < -0.39 is 6.04 Å². The first kappa shape index (κ1) is 24.6. The molecule has 6 rings (SSSR count). The van der Waals surface area contributed by atoms with Gasteiger partial charge >= 0.3 is 0 Å². The van der Waals surface area contributed by atoms with Crippen LogP contribution in [0, 0.1) is 0 Å². The number of amides is 1. The molecule has 1 aliphatic heterocycles. The van der Waals surface area contributed by atoms with Crippen LogP contribution >= 0.6 is 11.3 Å². The fourth-order valence-electron chi connectivity index (χ4n) is 5.06. The highest BCUT2D eigenvalue weighted by Gasteiger charge is 2.32. The summed E-state index contributed by atoms with van der Waals surface area (Å²) in [5.74, 6) is 0.393. The molecule has 0 fully saturated rings. The van der Waals surface area contributed by atoms with E-state index in [4.69, 9.17) is 9.73 Å². The zero-order valence-corrected chi connectivity index (χ0v) is 22.5. The van der Waals surface area contributed by atoms with Crippen molar-refractivity contribution in [2.24, 2.45) is 12.0 Å². The first-order chi connectivity index (χ1) is 18.9. The number of thiazole rings is 1. The van der Waals surface area contributed by atoms with Gasteiger partial charge in [-0.2, -0.15) is 0 Å². The van der Waals surface area contributed by atoms with Gasteiger partial charge in [0.25, 0.3) is 11.5 Å². The van der Waals surface area contributed by atoms with E-state index in [-0.39, 0.29) is 11.5 Å². The zero-order chi connectivity index (χ0) is 27.1. The number of aryl methyl sites for hydroxylation is 1. The quantitative estimate of drug-likeness (QED) is 0.364. The summed E-state index contributed by atoms with van der Waals surface area (Å²) in [6.07, 6.45) is 3.94. The van der Waals surface area contributed by atoms with Gasteiger partial charge < -0.3 is 14.6 Å². The van der Waals surface area contributed by atoms with Gasteiger partial charge in [0.05, 0.1) is 29.0 Å². The summed E-state index contributed by atoms with van der Waals surface area (Å²) in [7, 11) is 3.60. The van der Waals surface area contributed by atoms with Gasteiger partial charge in [-0.1, -0.05) is 59.9 Å². The summed E-state index contributed by atoms with van der Waals surface area (Å²) in [6.45, 7) is 1.82. The lowest BCUT2D eigenvalue weighted by Crippen LogP contribution is -2.40. The molecule has 1 N–H and O–H groups in total. The molecule has 194 valence electrons. The van der Waals surface area contributed by atoms with Crippen LogP contribution in [-0.4, -0.2) is 22.2 Å². The second-order valence-electron chi connectivity index (χ2n) is 9.39. The maximum absolute atomic E-state index is 14.0. The van der Waals surface area contributed by atoms with Crippen LogP contribution in [-0.2, 0) is 11.8 Å². The number of carbonyl (C=O) groups is 1. The van der Waals surface area contributed by atoms with Gasteiger partial charge in [-0.05, 0) is 48.9 Å². The van der Waals surface area contributed by atoms with Gasteiger partial charge in [-0.25, -0.2) is 4.99 Å². The Bertz CT molecular complexity index is 1930. The fourth-order valence-corrected chi connectivity index (χ4v) is 6.10. The van der Waals surface area contributed by atoms with Gasteiger partial charge in [-0.3, -0.25) is 14.2 Å². The highest BCUT2D eigenvalue weighted by Crippen LogP contribution is 2.32. The van der Waals surface area contributed by atoms with Gasteiger partial charge in [-0.15, -0.1) is 0 Å². The van der Waals surface area contributed by atoms with Crippen LogP contribution in [0.1, 0.15) is 24.1 Å². The van der Waals surface area contributed by atoms with Crippen molar-refractivity contribution in [2.75, 3.05) is 12.4 Å². The summed E-state index contributed by atoms with van der Waals surface area (Å²) >= 11 is 1.33. The second kappa shape index (κ2) is 9.89. The molecule has 0 saturated carbocycles. The number of hydrogen-bond acceptors (Lipinski definition) is 5. The van der Waals surface area contributed by atoms with E-state index in [1.165, 1.54) is 11.3 Å². The van der Waals surface area contributed by atoms with Crippen molar-refractivity contribution in [1.29, 1.82) is 0 Å². The number of anilines is 1. The predicted octanol–water partition coefficient (Wildman–Crippen LogP) is 4.37. The molecule has 0 radical (unpaired) electrons. The molecule has 0 bridgehead atoms. The van der Waals surface area contributed by atoms with E-state index in [2.05, 4.69) is 22.0 Å². The number of nitrogens with one attached hydrogen (secondary N) is 1. The van der Waals surface area contributed by atoms with E-state index in [0.29, 0.717) is 32.0 Å². The Hall–Kier alpha value is -4.69. The van der Waals surface area contributed by atoms with Crippen molar-refractivity contribution in [3.63, 3.8) is 0 Å². The molecule has 0 saturated heterocycles. The van der Waals surface area contributed by atoms with Crippen molar-refractivity contribution in [3.05, 3.63) is 127 Å². The summed E-state index contributed by atoms with van der Waals surface area (Å²) in [5, 5.41) is 4.05. The first-order valence-corrected chi connectivity index (χ1v) is 13.3. The number of methoxy groups -OCH3 is 1.